The first-order valence-corrected chi connectivity index (χ1v) is 7.58. The third-order valence-corrected chi connectivity index (χ3v) is 4.61. The molecule has 0 fully saturated rings. The van der Waals surface area contributed by atoms with Crippen LogP contribution < -0.4 is 10.1 Å². The Balaban J connectivity index is 2.19. The van der Waals surface area contributed by atoms with Gasteiger partial charge >= 0.3 is 0 Å². The molecule has 1 heterocycles. The van der Waals surface area contributed by atoms with Crippen molar-refractivity contribution >= 4 is 39.0 Å². The van der Waals surface area contributed by atoms with E-state index in [1.165, 1.54) is 4.88 Å². The summed E-state index contributed by atoms with van der Waals surface area (Å²) in [7, 11) is 1.68. The van der Waals surface area contributed by atoms with Crippen LogP contribution in [0.5, 0.6) is 5.06 Å². The lowest BCUT2D eigenvalue weighted by Gasteiger charge is -2.01. The van der Waals surface area contributed by atoms with Gasteiger partial charge in [-0.2, -0.15) is 0 Å². The zero-order chi connectivity index (χ0) is 11.8. The number of halogens is 1. The average Bonchev–Trinajstić information content (AvgIpc) is 2.64. The van der Waals surface area contributed by atoms with Gasteiger partial charge in [0.15, 0.2) is 5.06 Å². The third kappa shape index (κ3) is 4.79. The van der Waals surface area contributed by atoms with Gasteiger partial charge in [-0.25, -0.2) is 0 Å². The fraction of sp³-hybridized carbons (Fsp3) is 0.455. The van der Waals surface area contributed by atoms with Crippen LogP contribution in [0.15, 0.2) is 10.5 Å². The van der Waals surface area contributed by atoms with Crippen LogP contribution in [0.3, 0.4) is 0 Å². The van der Waals surface area contributed by atoms with Gasteiger partial charge in [-0.15, -0.1) is 29.5 Å². The number of nitrogens with one attached hydrogen (secondary N) is 1. The summed E-state index contributed by atoms with van der Waals surface area (Å²) >= 11 is 6.88. The standard InChI is InChI=1S/C11H14BrNOS2/c1-3-5-15-6-4-13-8-9-7-10(12)11(14-2)16-9/h1,7,13H,4-6,8H2,2H3. The van der Waals surface area contributed by atoms with Gasteiger partial charge in [0.05, 0.1) is 17.3 Å². The van der Waals surface area contributed by atoms with E-state index in [4.69, 9.17) is 11.2 Å². The SMILES string of the molecule is C#CCSCCNCc1cc(Br)c(OC)s1. The highest BCUT2D eigenvalue weighted by atomic mass is 79.9. The van der Waals surface area contributed by atoms with Crippen LogP contribution >= 0.6 is 39.0 Å². The minimum atomic E-state index is 0.792. The van der Waals surface area contributed by atoms with Crippen molar-refractivity contribution < 1.29 is 4.74 Å². The van der Waals surface area contributed by atoms with Crippen molar-refractivity contribution in [3.05, 3.63) is 15.4 Å². The number of methoxy groups -OCH3 is 1. The maximum Gasteiger partial charge on any atom is 0.188 e. The van der Waals surface area contributed by atoms with Crippen LogP contribution in [0.1, 0.15) is 4.88 Å². The maximum absolute atomic E-state index is 5.20. The average molecular weight is 320 g/mol. The van der Waals surface area contributed by atoms with Crippen molar-refractivity contribution in [1.82, 2.24) is 5.32 Å². The lowest BCUT2D eigenvalue weighted by atomic mass is 10.4. The van der Waals surface area contributed by atoms with Gasteiger partial charge in [0.1, 0.15) is 0 Å². The zero-order valence-electron chi connectivity index (χ0n) is 9.09. The highest BCUT2D eigenvalue weighted by molar-refractivity contribution is 9.10. The van der Waals surface area contributed by atoms with Crippen molar-refractivity contribution in [2.75, 3.05) is 25.2 Å². The van der Waals surface area contributed by atoms with Crippen molar-refractivity contribution in [1.29, 1.82) is 0 Å². The molecule has 0 aliphatic heterocycles. The molecule has 0 aliphatic rings. The fourth-order valence-corrected chi connectivity index (χ4v) is 3.32. The van der Waals surface area contributed by atoms with Gasteiger partial charge < -0.3 is 10.1 Å². The van der Waals surface area contributed by atoms with E-state index in [1.807, 2.05) is 0 Å². The van der Waals surface area contributed by atoms with E-state index in [9.17, 15) is 0 Å². The Bertz CT molecular complexity index is 359. The molecule has 0 amide bonds. The predicted molar refractivity (Wildman–Crippen MR) is 76.4 cm³/mol. The van der Waals surface area contributed by atoms with E-state index in [0.29, 0.717) is 0 Å². The van der Waals surface area contributed by atoms with Gasteiger partial charge in [0.2, 0.25) is 0 Å². The van der Waals surface area contributed by atoms with Crippen LogP contribution in [0, 0.1) is 12.3 Å². The highest BCUT2D eigenvalue weighted by Crippen LogP contribution is 2.34. The number of hydrogen-bond donors (Lipinski definition) is 1. The molecule has 1 aromatic rings. The molecular weight excluding hydrogens is 306 g/mol. The van der Waals surface area contributed by atoms with E-state index < -0.39 is 0 Å². The van der Waals surface area contributed by atoms with Crippen molar-refractivity contribution in [2.24, 2.45) is 0 Å². The first kappa shape index (κ1) is 13.9. The molecule has 0 spiro atoms. The van der Waals surface area contributed by atoms with Gasteiger partial charge in [0.25, 0.3) is 0 Å². The summed E-state index contributed by atoms with van der Waals surface area (Å²) in [4.78, 5) is 1.27. The number of thioether (sulfide) groups is 1. The highest BCUT2D eigenvalue weighted by Gasteiger charge is 2.05. The van der Waals surface area contributed by atoms with Crippen molar-refractivity contribution in [3.63, 3.8) is 0 Å². The molecule has 0 aromatic carbocycles. The molecule has 16 heavy (non-hydrogen) atoms. The van der Waals surface area contributed by atoms with Crippen LogP contribution in [-0.4, -0.2) is 25.2 Å². The van der Waals surface area contributed by atoms with Crippen LogP contribution in [0.4, 0.5) is 0 Å². The summed E-state index contributed by atoms with van der Waals surface area (Å²) < 4.78 is 6.23. The molecule has 0 atom stereocenters. The third-order valence-electron chi connectivity index (χ3n) is 1.80. The fourth-order valence-electron chi connectivity index (χ4n) is 1.11. The molecule has 0 radical (unpaired) electrons. The van der Waals surface area contributed by atoms with Crippen LogP contribution in [0.2, 0.25) is 0 Å². The van der Waals surface area contributed by atoms with Gasteiger partial charge in [-0.1, -0.05) is 5.92 Å². The van der Waals surface area contributed by atoms with E-state index in [2.05, 4.69) is 33.2 Å². The van der Waals surface area contributed by atoms with Crippen molar-refractivity contribution in [3.8, 4) is 17.4 Å². The van der Waals surface area contributed by atoms with Gasteiger partial charge in [0, 0.05) is 23.7 Å². The second-order valence-corrected chi connectivity index (χ2v) is 6.04. The number of terminal acetylenes is 1. The Labute approximate surface area is 113 Å². The number of ether oxygens (including phenoxy) is 1. The second kappa shape index (κ2) is 8.02. The summed E-state index contributed by atoms with van der Waals surface area (Å²) in [6.07, 6.45) is 5.16. The van der Waals surface area contributed by atoms with Crippen LogP contribution in [-0.2, 0) is 6.54 Å². The summed E-state index contributed by atoms with van der Waals surface area (Å²) in [5, 5.41) is 4.30. The van der Waals surface area contributed by atoms with Gasteiger partial charge in [-0.05, 0) is 22.0 Å². The number of hydrogen-bond acceptors (Lipinski definition) is 4. The van der Waals surface area contributed by atoms with E-state index >= 15 is 0 Å². The first-order valence-electron chi connectivity index (χ1n) is 4.82. The quantitative estimate of drug-likeness (QED) is 0.616. The molecule has 1 aromatic heterocycles. The minimum absolute atomic E-state index is 0.792. The molecule has 1 N–H and O–H groups in total. The molecule has 5 heteroatoms. The zero-order valence-corrected chi connectivity index (χ0v) is 12.3. The predicted octanol–water partition coefficient (Wildman–Crippen LogP) is 2.98. The maximum atomic E-state index is 5.20. The molecule has 2 nitrogen and oxygen atoms in total. The topological polar surface area (TPSA) is 21.3 Å². The first-order chi connectivity index (χ1) is 7.77. The lowest BCUT2D eigenvalue weighted by molar-refractivity contribution is 0.425. The lowest BCUT2D eigenvalue weighted by Crippen LogP contribution is -2.15. The second-order valence-electron chi connectivity index (χ2n) is 2.99. The van der Waals surface area contributed by atoms with E-state index in [-0.39, 0.29) is 0 Å². The van der Waals surface area contributed by atoms with E-state index in [0.717, 1.165) is 34.1 Å². The Morgan fingerprint density at radius 2 is 2.50 bits per heavy atom. The van der Waals surface area contributed by atoms with Crippen LogP contribution in [0.25, 0.3) is 0 Å². The molecule has 0 saturated heterocycles. The summed E-state index contributed by atoms with van der Waals surface area (Å²) in [5.41, 5.74) is 0. The van der Waals surface area contributed by atoms with E-state index in [1.54, 1.807) is 30.2 Å². The molecule has 88 valence electrons. The molecular formula is C11H14BrNOS2. The molecule has 1 rings (SSSR count). The largest absolute Gasteiger partial charge is 0.486 e. The Hall–Kier alpha value is -0.150. The Morgan fingerprint density at radius 3 is 3.12 bits per heavy atom. The molecule has 0 aliphatic carbocycles. The summed E-state index contributed by atoms with van der Waals surface area (Å²) in [5.74, 6) is 4.45. The number of rotatable bonds is 7. The molecule has 0 bridgehead atoms. The molecule has 0 saturated carbocycles. The Morgan fingerprint density at radius 1 is 1.69 bits per heavy atom. The summed E-state index contributed by atoms with van der Waals surface area (Å²) in [6.45, 7) is 1.85. The molecule has 0 unspecified atom stereocenters. The normalized spacial score (nSPS) is 10.1. The van der Waals surface area contributed by atoms with Gasteiger partial charge in [-0.3, -0.25) is 0 Å². The monoisotopic (exact) mass is 319 g/mol. The number of thiophene rings is 1. The summed E-state index contributed by atoms with van der Waals surface area (Å²) in [6, 6.07) is 2.09. The smallest absolute Gasteiger partial charge is 0.188 e. The minimum Gasteiger partial charge on any atom is -0.486 e. The van der Waals surface area contributed by atoms with Crippen molar-refractivity contribution in [2.45, 2.75) is 6.54 Å². The Kier molecular flexibility index (Phi) is 6.97.